The molecule has 0 fully saturated rings. The van der Waals surface area contributed by atoms with Gasteiger partial charge in [-0.25, -0.2) is 5.43 Å². The second kappa shape index (κ2) is 4.96. The highest BCUT2D eigenvalue weighted by Crippen LogP contribution is 2.32. The molecule has 21 heavy (non-hydrogen) atoms. The zero-order valence-corrected chi connectivity index (χ0v) is 11.3. The first-order valence-electron chi connectivity index (χ1n) is 6.50. The summed E-state index contributed by atoms with van der Waals surface area (Å²) in [6, 6.07) is 5.27. The molecule has 3 nitrogen and oxygen atoms in total. The van der Waals surface area contributed by atoms with Gasteiger partial charge in [0.2, 0.25) is 0 Å². The van der Waals surface area contributed by atoms with Crippen LogP contribution in [-0.4, -0.2) is 18.6 Å². The first-order valence-corrected chi connectivity index (χ1v) is 6.50. The summed E-state index contributed by atoms with van der Waals surface area (Å²) in [5.41, 5.74) is 6.20. The molecule has 3 rings (SSSR count). The van der Waals surface area contributed by atoms with Crippen molar-refractivity contribution in [2.45, 2.75) is 6.18 Å². The van der Waals surface area contributed by atoms with Crippen molar-refractivity contribution in [2.24, 2.45) is 0 Å². The van der Waals surface area contributed by atoms with E-state index in [0.717, 1.165) is 34.7 Å². The molecule has 2 heterocycles. The third kappa shape index (κ3) is 2.54. The van der Waals surface area contributed by atoms with E-state index in [4.69, 9.17) is 0 Å². The fourth-order valence-electron chi connectivity index (χ4n) is 2.39. The van der Waals surface area contributed by atoms with E-state index in [1.165, 1.54) is 12.1 Å². The van der Waals surface area contributed by atoms with Crippen molar-refractivity contribution in [2.75, 3.05) is 13.6 Å². The lowest BCUT2D eigenvalue weighted by Crippen LogP contribution is -2.28. The van der Waals surface area contributed by atoms with Crippen LogP contribution in [0.25, 0.3) is 5.57 Å². The maximum Gasteiger partial charge on any atom is 0.416 e. The van der Waals surface area contributed by atoms with Crippen LogP contribution in [0.4, 0.5) is 13.2 Å². The summed E-state index contributed by atoms with van der Waals surface area (Å²) < 4.78 is 37.8. The molecule has 2 aliphatic rings. The van der Waals surface area contributed by atoms with Crippen LogP contribution in [0.15, 0.2) is 54.0 Å². The molecule has 0 atom stereocenters. The van der Waals surface area contributed by atoms with Gasteiger partial charge >= 0.3 is 6.18 Å². The number of nitrogens with one attached hydrogen (secondary N) is 2. The molecule has 2 N–H and O–H groups in total. The Morgan fingerprint density at radius 1 is 1.19 bits per heavy atom. The Kier molecular flexibility index (Phi) is 3.25. The molecule has 6 heteroatoms. The maximum absolute atomic E-state index is 12.6. The molecule has 2 aliphatic heterocycles. The second-order valence-corrected chi connectivity index (χ2v) is 4.81. The SMILES string of the molecule is CNC1=CC2=C(c3ccc(C(F)(F)F)cc3)CNN2C=C1. The molecule has 110 valence electrons. The molecule has 0 spiro atoms. The number of halogens is 3. The Bertz CT molecular complexity index is 639. The number of nitrogens with zero attached hydrogens (tertiary/aromatic N) is 1. The first-order chi connectivity index (χ1) is 9.99. The number of hydrogen-bond acceptors (Lipinski definition) is 3. The minimum atomic E-state index is -4.30. The van der Waals surface area contributed by atoms with Gasteiger partial charge < -0.3 is 5.32 Å². The largest absolute Gasteiger partial charge is 0.416 e. The van der Waals surface area contributed by atoms with Crippen molar-refractivity contribution in [1.29, 1.82) is 0 Å². The summed E-state index contributed by atoms with van der Waals surface area (Å²) in [7, 11) is 1.83. The minimum absolute atomic E-state index is 0.582. The summed E-state index contributed by atoms with van der Waals surface area (Å²) in [5.74, 6) is 0. The quantitative estimate of drug-likeness (QED) is 0.878. The molecule has 0 amide bonds. The lowest BCUT2D eigenvalue weighted by Gasteiger charge is -2.20. The van der Waals surface area contributed by atoms with Crippen LogP contribution in [0.5, 0.6) is 0 Å². The van der Waals surface area contributed by atoms with Crippen LogP contribution < -0.4 is 10.7 Å². The molecule has 0 saturated heterocycles. The van der Waals surface area contributed by atoms with Crippen LogP contribution in [0, 0.1) is 0 Å². The smallest absolute Gasteiger partial charge is 0.388 e. The number of alkyl halides is 3. The van der Waals surface area contributed by atoms with E-state index in [1.54, 1.807) is 0 Å². The normalized spacial score (nSPS) is 17.9. The standard InChI is InChI=1S/C15H14F3N3/c1-19-12-6-7-21-14(8-12)13(9-20-21)10-2-4-11(5-3-10)15(16,17)18/h2-8,19-20H,9H2,1H3. The topological polar surface area (TPSA) is 27.3 Å². The third-order valence-electron chi connectivity index (χ3n) is 3.54. The van der Waals surface area contributed by atoms with Gasteiger partial charge in [0.1, 0.15) is 0 Å². The summed E-state index contributed by atoms with van der Waals surface area (Å²) in [4.78, 5) is 0. The molecule has 1 aromatic carbocycles. The monoisotopic (exact) mass is 293 g/mol. The zero-order chi connectivity index (χ0) is 15.0. The van der Waals surface area contributed by atoms with Gasteiger partial charge in [-0.3, -0.25) is 5.01 Å². The van der Waals surface area contributed by atoms with Crippen molar-refractivity contribution < 1.29 is 13.2 Å². The van der Waals surface area contributed by atoms with Crippen LogP contribution in [0.2, 0.25) is 0 Å². The Balaban J connectivity index is 1.97. The Hall–Kier alpha value is -2.21. The Labute approximate surface area is 120 Å². The average Bonchev–Trinajstić information content (AvgIpc) is 2.89. The number of rotatable bonds is 2. The van der Waals surface area contributed by atoms with Crippen LogP contribution in [0.1, 0.15) is 11.1 Å². The fourth-order valence-corrected chi connectivity index (χ4v) is 2.39. The first kappa shape index (κ1) is 13.8. The third-order valence-corrected chi connectivity index (χ3v) is 3.54. The van der Waals surface area contributed by atoms with Gasteiger partial charge in [-0.2, -0.15) is 13.2 Å². The van der Waals surface area contributed by atoms with Crippen molar-refractivity contribution in [3.8, 4) is 0 Å². The molecule has 0 aromatic heterocycles. The highest BCUT2D eigenvalue weighted by Gasteiger charge is 2.30. The van der Waals surface area contributed by atoms with E-state index < -0.39 is 11.7 Å². The predicted octanol–water partition coefficient (Wildman–Crippen LogP) is 2.87. The zero-order valence-electron chi connectivity index (χ0n) is 11.3. The highest BCUT2D eigenvalue weighted by atomic mass is 19.4. The van der Waals surface area contributed by atoms with Gasteiger partial charge in [-0.05, 0) is 29.8 Å². The lowest BCUT2D eigenvalue weighted by atomic mass is 10.0. The molecule has 1 aromatic rings. The van der Waals surface area contributed by atoms with Crippen molar-refractivity contribution in [3.63, 3.8) is 0 Å². The minimum Gasteiger partial charge on any atom is -0.388 e. The fraction of sp³-hybridized carbons (Fsp3) is 0.200. The Morgan fingerprint density at radius 3 is 2.52 bits per heavy atom. The van der Waals surface area contributed by atoms with E-state index >= 15 is 0 Å². The summed E-state index contributed by atoms with van der Waals surface area (Å²) >= 11 is 0. The molecule has 0 bridgehead atoms. The number of hydrazine groups is 1. The van der Waals surface area contributed by atoms with Crippen LogP contribution in [0.3, 0.4) is 0 Å². The van der Waals surface area contributed by atoms with E-state index in [-0.39, 0.29) is 0 Å². The molecular weight excluding hydrogens is 279 g/mol. The molecule has 0 saturated carbocycles. The van der Waals surface area contributed by atoms with E-state index in [9.17, 15) is 13.2 Å². The molecule has 0 aliphatic carbocycles. The summed E-state index contributed by atoms with van der Waals surface area (Å²) in [5, 5.41) is 4.92. The number of fused-ring (bicyclic) bond motifs is 1. The molecule has 0 radical (unpaired) electrons. The maximum atomic E-state index is 12.6. The van der Waals surface area contributed by atoms with Crippen LogP contribution >= 0.6 is 0 Å². The van der Waals surface area contributed by atoms with Gasteiger partial charge in [0.15, 0.2) is 0 Å². The van der Waals surface area contributed by atoms with E-state index in [1.807, 2.05) is 30.4 Å². The van der Waals surface area contributed by atoms with Gasteiger partial charge in [0.25, 0.3) is 0 Å². The number of benzene rings is 1. The Morgan fingerprint density at radius 2 is 1.90 bits per heavy atom. The van der Waals surface area contributed by atoms with Crippen molar-refractivity contribution in [1.82, 2.24) is 15.8 Å². The second-order valence-electron chi connectivity index (χ2n) is 4.81. The number of likely N-dealkylation sites (N-methyl/N-ethyl adjacent to an activating group) is 1. The lowest BCUT2D eigenvalue weighted by molar-refractivity contribution is -0.137. The predicted molar refractivity (Wildman–Crippen MR) is 74.5 cm³/mol. The van der Waals surface area contributed by atoms with E-state index in [0.29, 0.717) is 6.54 Å². The average molecular weight is 293 g/mol. The summed E-state index contributed by atoms with van der Waals surface area (Å²) in [6.07, 6.45) is 1.47. The van der Waals surface area contributed by atoms with Gasteiger partial charge in [-0.1, -0.05) is 12.1 Å². The number of hydrogen-bond donors (Lipinski definition) is 2. The van der Waals surface area contributed by atoms with Gasteiger partial charge in [0, 0.05) is 31.1 Å². The highest BCUT2D eigenvalue weighted by molar-refractivity contribution is 5.74. The molecular formula is C15H14F3N3. The van der Waals surface area contributed by atoms with E-state index in [2.05, 4.69) is 10.7 Å². The summed E-state index contributed by atoms with van der Waals surface area (Å²) in [6.45, 7) is 0.582. The van der Waals surface area contributed by atoms with Crippen molar-refractivity contribution in [3.05, 3.63) is 65.1 Å². The van der Waals surface area contributed by atoms with Crippen LogP contribution in [-0.2, 0) is 6.18 Å². The van der Waals surface area contributed by atoms with Gasteiger partial charge in [0.05, 0.1) is 11.3 Å². The van der Waals surface area contributed by atoms with Gasteiger partial charge in [-0.15, -0.1) is 0 Å². The molecule has 0 unspecified atom stereocenters. The van der Waals surface area contributed by atoms with Crippen molar-refractivity contribution >= 4 is 5.57 Å². The number of allylic oxidation sites excluding steroid dienone is 2.